The minimum Gasteiger partial charge on any atom is -0.450 e. The van der Waals surface area contributed by atoms with Crippen LogP contribution in [0.25, 0.3) is 0 Å². The molecule has 0 aliphatic carbocycles. The van der Waals surface area contributed by atoms with Gasteiger partial charge in [0.25, 0.3) is 0 Å². The monoisotopic (exact) mass is 1010 g/mol. The summed E-state index contributed by atoms with van der Waals surface area (Å²) in [6, 6.07) is 0. The van der Waals surface area contributed by atoms with Crippen molar-refractivity contribution in [2.24, 2.45) is 17.3 Å². The molecule has 0 bridgehead atoms. The van der Waals surface area contributed by atoms with E-state index >= 15 is 0 Å². The maximum Gasteiger partial charge on any atom is 0.503 e. The van der Waals surface area contributed by atoms with Crippen LogP contribution in [0.2, 0.25) is 0 Å². The summed E-state index contributed by atoms with van der Waals surface area (Å²) in [5.41, 5.74) is 1.09. The van der Waals surface area contributed by atoms with E-state index in [1.165, 1.54) is 250 Å². The number of unbranched alkanes of at least 4 members (excludes halogenated alkanes) is 30. The molecule has 0 aromatic heterocycles. The first-order valence-corrected chi connectivity index (χ1v) is 28.5. The van der Waals surface area contributed by atoms with Crippen LogP contribution in [0.5, 0.6) is 0 Å². The molecule has 1 unspecified atom stereocenters. The van der Waals surface area contributed by atoms with Gasteiger partial charge in [-0.1, -0.05) is 246 Å². The maximum atomic E-state index is 8.56. The molecule has 0 spiro atoms. The van der Waals surface area contributed by atoms with Crippen LogP contribution in [0.15, 0.2) is 0 Å². The first kappa shape index (κ1) is 73.6. The van der Waals surface area contributed by atoms with Crippen molar-refractivity contribution in [1.82, 2.24) is 4.90 Å². The van der Waals surface area contributed by atoms with Crippen LogP contribution < -0.4 is 0 Å². The molecular weight excluding hydrogens is 891 g/mol. The van der Waals surface area contributed by atoms with Gasteiger partial charge in [0.2, 0.25) is 0 Å². The highest BCUT2D eigenvalue weighted by molar-refractivity contribution is 5.54. The maximum absolute atomic E-state index is 8.56. The minimum atomic E-state index is -1.83. The molecule has 1 rings (SSSR count). The topological polar surface area (TPSA) is 233 Å². The summed E-state index contributed by atoms with van der Waals surface area (Å²) in [5, 5.41) is 55.8. The smallest absolute Gasteiger partial charge is 0.450 e. The van der Waals surface area contributed by atoms with Crippen LogP contribution in [0.1, 0.15) is 306 Å². The van der Waals surface area contributed by atoms with E-state index in [-0.39, 0.29) is 11.1 Å². The zero-order chi connectivity index (χ0) is 54.1. The Labute approximate surface area is 429 Å². The third-order valence-corrected chi connectivity index (χ3v) is 15.1. The molecule has 1 saturated heterocycles. The van der Waals surface area contributed by atoms with Crippen molar-refractivity contribution in [2.75, 3.05) is 7.05 Å². The highest BCUT2D eigenvalue weighted by atomic mass is 16.6. The van der Waals surface area contributed by atoms with Gasteiger partial charge in [0, 0.05) is 11.1 Å². The molecule has 13 heteroatoms. The normalized spacial score (nSPS) is 14.5. The zero-order valence-electron chi connectivity index (χ0n) is 46.9. The molecule has 420 valence electrons. The van der Waals surface area contributed by atoms with E-state index in [4.69, 9.17) is 60.0 Å². The number of rotatable bonds is 39. The molecule has 13 nitrogen and oxygen atoms in total. The van der Waals surface area contributed by atoms with E-state index in [2.05, 4.69) is 67.3 Å². The van der Waals surface area contributed by atoms with E-state index in [1.54, 1.807) is 0 Å². The van der Waals surface area contributed by atoms with Crippen molar-refractivity contribution in [3.05, 3.63) is 0 Å². The molecule has 70 heavy (non-hydrogen) atoms. The van der Waals surface area contributed by atoms with Gasteiger partial charge < -0.3 is 40.9 Å². The lowest BCUT2D eigenvalue weighted by Gasteiger charge is -2.60. The van der Waals surface area contributed by atoms with Crippen molar-refractivity contribution >= 4 is 24.6 Å². The van der Waals surface area contributed by atoms with Crippen LogP contribution in [-0.2, 0) is 0 Å². The summed E-state index contributed by atoms with van der Waals surface area (Å²) >= 11 is 0. The molecule has 0 aromatic carbocycles. The molecular formula is C57H115NO12. The largest absolute Gasteiger partial charge is 0.503 e. The number of nitrogens with zero attached hydrogens (tertiary/aromatic N) is 1. The summed E-state index contributed by atoms with van der Waals surface area (Å²) < 4.78 is 0. The van der Waals surface area contributed by atoms with Gasteiger partial charge in [0.05, 0.1) is 0 Å². The Morgan fingerprint density at radius 2 is 0.600 bits per heavy atom. The number of carboxylic acid groups (broad SMARTS) is 8. The quantitative estimate of drug-likeness (QED) is 0.0268. The fourth-order valence-electron chi connectivity index (χ4n) is 11.2. The number of likely N-dealkylation sites (tertiary alicyclic amines) is 1. The van der Waals surface area contributed by atoms with Gasteiger partial charge in [-0.2, -0.15) is 0 Å². The third kappa shape index (κ3) is 48.7. The summed E-state index contributed by atoms with van der Waals surface area (Å²) in [5.74, 6) is 1.77. The molecule has 1 atom stereocenters. The second kappa shape index (κ2) is 49.6. The Morgan fingerprint density at radius 1 is 0.400 bits per heavy atom. The van der Waals surface area contributed by atoms with Crippen LogP contribution in [0.3, 0.4) is 0 Å². The average molecular weight is 1010 g/mol. The van der Waals surface area contributed by atoms with Crippen molar-refractivity contribution in [1.29, 1.82) is 0 Å². The Balaban J connectivity index is -0.00000117. The molecule has 0 radical (unpaired) electrons. The minimum absolute atomic E-state index is 0.279. The van der Waals surface area contributed by atoms with Gasteiger partial charge in [-0.15, -0.1) is 0 Å². The molecule has 1 heterocycles. The van der Waals surface area contributed by atoms with Crippen LogP contribution >= 0.6 is 0 Å². The molecule has 1 fully saturated rings. The summed E-state index contributed by atoms with van der Waals surface area (Å²) in [6.45, 7) is 19.9. The number of carbonyl (C=O) groups is 4. The van der Waals surface area contributed by atoms with E-state index in [0.717, 1.165) is 11.8 Å². The van der Waals surface area contributed by atoms with E-state index in [1.807, 2.05) is 0 Å². The standard InChI is InChI=1S/C53H107N.4CH2O3/c1-10-14-17-20-23-26-29-32-35-38-41-44-49(13-4)53(50-47-51(5,6)54(9)52(7,8)48-50,45-42-39-36-33-30-27-24-21-18-15-11-2)46-43-40-37-34-31-28-25-22-19-16-12-3;4*2-1(3)4/h49-50H,10-48H2,1-9H3;4*(H2,2,3,4). The summed E-state index contributed by atoms with van der Waals surface area (Å²) in [4.78, 5) is 37.0. The Bertz CT molecular complexity index is 1090. The molecule has 0 aromatic rings. The predicted molar refractivity (Wildman–Crippen MR) is 291 cm³/mol. The van der Waals surface area contributed by atoms with E-state index in [9.17, 15) is 0 Å². The number of hydrogen-bond donors (Lipinski definition) is 8. The molecule has 0 saturated carbocycles. The number of piperidine rings is 1. The third-order valence-electron chi connectivity index (χ3n) is 15.1. The van der Waals surface area contributed by atoms with Crippen molar-refractivity contribution < 1.29 is 60.0 Å². The Hall–Kier alpha value is -2.96. The average Bonchev–Trinajstić information content (AvgIpc) is 3.25. The SMILES string of the molecule is CCCCCCCCCCCCCC(CC)C(CCCCCCCCCCCCC)(CCCCCCCCCCCCC)C1CC(C)(C)N(C)C(C)(C)C1.O=C(O)O.O=C(O)O.O=C(O)O.O=C(O)O. The fraction of sp³-hybridized carbons (Fsp3) is 0.930. The van der Waals surface area contributed by atoms with E-state index < -0.39 is 24.6 Å². The molecule has 1 aliphatic heterocycles. The summed E-state index contributed by atoms with van der Waals surface area (Å²) in [7, 11) is 2.44. The van der Waals surface area contributed by atoms with Crippen molar-refractivity contribution in [3.63, 3.8) is 0 Å². The second-order valence-electron chi connectivity index (χ2n) is 21.7. The Morgan fingerprint density at radius 3 is 0.814 bits per heavy atom. The molecule has 0 amide bonds. The van der Waals surface area contributed by atoms with Gasteiger partial charge in [0.1, 0.15) is 0 Å². The summed E-state index contributed by atoms with van der Waals surface area (Å²) in [6.07, 6.45) is 49.6. The van der Waals surface area contributed by atoms with Gasteiger partial charge >= 0.3 is 24.6 Å². The fourth-order valence-corrected chi connectivity index (χ4v) is 11.2. The van der Waals surface area contributed by atoms with Gasteiger partial charge in [0.15, 0.2) is 0 Å². The highest BCUT2D eigenvalue weighted by Crippen LogP contribution is 2.57. The lowest BCUT2D eigenvalue weighted by Crippen LogP contribution is -2.61. The van der Waals surface area contributed by atoms with Crippen molar-refractivity contribution in [2.45, 2.75) is 317 Å². The number of hydrogen-bond acceptors (Lipinski definition) is 5. The van der Waals surface area contributed by atoms with Crippen molar-refractivity contribution in [3.8, 4) is 0 Å². The first-order valence-electron chi connectivity index (χ1n) is 28.5. The van der Waals surface area contributed by atoms with Crippen LogP contribution in [0.4, 0.5) is 19.2 Å². The van der Waals surface area contributed by atoms with Crippen LogP contribution in [0, 0.1) is 17.3 Å². The first-order chi connectivity index (χ1) is 33.0. The zero-order valence-corrected chi connectivity index (χ0v) is 46.9. The highest BCUT2D eigenvalue weighted by Gasteiger charge is 2.52. The van der Waals surface area contributed by atoms with E-state index in [0.29, 0.717) is 5.41 Å². The lowest BCUT2D eigenvalue weighted by molar-refractivity contribution is -0.0939. The van der Waals surface area contributed by atoms with Gasteiger partial charge in [-0.25, -0.2) is 19.2 Å². The predicted octanol–water partition coefficient (Wildman–Crippen LogP) is 19.9. The lowest BCUT2D eigenvalue weighted by atomic mass is 9.53. The van der Waals surface area contributed by atoms with Crippen LogP contribution in [-0.4, -0.2) is 88.5 Å². The molecule has 1 aliphatic rings. The van der Waals surface area contributed by atoms with Gasteiger partial charge in [-0.05, 0) is 84.1 Å². The Kier molecular flexibility index (Phi) is 52.1. The second-order valence-corrected chi connectivity index (χ2v) is 21.7. The van der Waals surface area contributed by atoms with Gasteiger partial charge in [-0.3, -0.25) is 4.90 Å². The molecule has 8 N–H and O–H groups in total.